The second-order valence-electron chi connectivity index (χ2n) is 4.11. The van der Waals surface area contributed by atoms with Crippen LogP contribution in [0, 0.1) is 0 Å². The summed E-state index contributed by atoms with van der Waals surface area (Å²) in [5.74, 6) is 5.23. The zero-order chi connectivity index (χ0) is 14.1. The first-order valence-electron chi connectivity index (χ1n) is 5.93. The average molecular weight is 268 g/mol. The molecule has 8 nitrogen and oxygen atoms in total. The minimum absolute atomic E-state index is 0.212. The molecule has 1 heterocycles. The van der Waals surface area contributed by atoms with Crippen LogP contribution in [0.5, 0.6) is 0 Å². The van der Waals surface area contributed by atoms with Gasteiger partial charge in [-0.15, -0.1) is 0 Å². The van der Waals surface area contributed by atoms with Crippen molar-refractivity contribution in [3.05, 3.63) is 18.1 Å². The molecule has 0 spiro atoms. The minimum atomic E-state index is -0.305. The quantitative estimate of drug-likeness (QED) is 0.318. The van der Waals surface area contributed by atoms with E-state index in [0.717, 1.165) is 6.54 Å². The number of nitrogen functional groups attached to an aromatic ring is 1. The lowest BCUT2D eigenvalue weighted by Gasteiger charge is -2.10. The van der Waals surface area contributed by atoms with Gasteiger partial charge in [0.2, 0.25) is 0 Å². The molecule has 4 N–H and O–H groups in total. The van der Waals surface area contributed by atoms with Crippen LogP contribution in [-0.2, 0) is 4.74 Å². The van der Waals surface area contributed by atoms with Crippen LogP contribution in [0.3, 0.4) is 0 Å². The third kappa shape index (κ3) is 6.09. The number of likely N-dealkylation sites (N-methyl/N-ethyl adjacent to an activating group) is 1. The van der Waals surface area contributed by atoms with Gasteiger partial charge in [-0.25, -0.2) is 10.8 Å². The van der Waals surface area contributed by atoms with Crippen LogP contribution in [0.1, 0.15) is 10.5 Å². The summed E-state index contributed by atoms with van der Waals surface area (Å²) in [5.41, 5.74) is 2.55. The van der Waals surface area contributed by atoms with E-state index in [1.807, 2.05) is 19.0 Å². The number of nitrogens with two attached hydrogens (primary N) is 1. The molecule has 1 rings (SSSR count). The molecular weight excluding hydrogens is 248 g/mol. The van der Waals surface area contributed by atoms with Crippen LogP contribution < -0.4 is 16.6 Å². The van der Waals surface area contributed by atoms with E-state index in [-0.39, 0.29) is 11.6 Å². The Bertz CT molecular complexity index is 399. The van der Waals surface area contributed by atoms with E-state index in [1.54, 1.807) is 0 Å². The molecule has 1 aromatic rings. The highest BCUT2D eigenvalue weighted by molar-refractivity contribution is 5.92. The highest BCUT2D eigenvalue weighted by atomic mass is 16.5. The Balaban J connectivity index is 2.23. The Kier molecular flexibility index (Phi) is 6.72. The van der Waals surface area contributed by atoms with E-state index in [0.29, 0.717) is 25.6 Å². The first-order chi connectivity index (χ1) is 9.13. The summed E-state index contributed by atoms with van der Waals surface area (Å²) in [4.78, 5) is 21.6. The topological polar surface area (TPSA) is 105 Å². The number of carbonyl (C=O) groups is 1. The second-order valence-corrected chi connectivity index (χ2v) is 4.11. The number of ether oxygens (including phenoxy) is 1. The number of hydrogen-bond acceptors (Lipinski definition) is 7. The van der Waals surface area contributed by atoms with Gasteiger partial charge in [-0.05, 0) is 14.1 Å². The first kappa shape index (κ1) is 15.3. The van der Waals surface area contributed by atoms with Crippen molar-refractivity contribution < 1.29 is 9.53 Å². The molecule has 8 heteroatoms. The lowest BCUT2D eigenvalue weighted by atomic mass is 10.4. The molecule has 0 aliphatic heterocycles. The Labute approximate surface area is 112 Å². The number of rotatable bonds is 8. The lowest BCUT2D eigenvalue weighted by molar-refractivity contribution is 0.0895. The number of hydrazine groups is 1. The summed E-state index contributed by atoms with van der Waals surface area (Å²) < 4.78 is 5.35. The summed E-state index contributed by atoms with van der Waals surface area (Å²) in [5, 5.41) is 2.69. The summed E-state index contributed by atoms with van der Waals surface area (Å²) >= 11 is 0. The number of nitrogens with zero attached hydrogens (tertiary/aromatic N) is 3. The zero-order valence-corrected chi connectivity index (χ0v) is 11.2. The van der Waals surface area contributed by atoms with E-state index in [4.69, 9.17) is 10.6 Å². The van der Waals surface area contributed by atoms with Crippen molar-refractivity contribution in [2.75, 3.05) is 45.8 Å². The Morgan fingerprint density at radius 1 is 1.42 bits per heavy atom. The number of hydrogen-bond donors (Lipinski definition) is 3. The Hall–Kier alpha value is -1.77. The number of aromatic nitrogens is 2. The monoisotopic (exact) mass is 268 g/mol. The molecular formula is C11H20N6O2. The maximum Gasteiger partial charge on any atom is 0.271 e. The second kappa shape index (κ2) is 8.35. The van der Waals surface area contributed by atoms with E-state index in [1.165, 1.54) is 12.4 Å². The van der Waals surface area contributed by atoms with Gasteiger partial charge in [-0.1, -0.05) is 0 Å². The van der Waals surface area contributed by atoms with Gasteiger partial charge in [0.25, 0.3) is 5.91 Å². The van der Waals surface area contributed by atoms with Crippen molar-refractivity contribution in [1.29, 1.82) is 0 Å². The standard InChI is InChI=1S/C11H20N6O2/c1-17(2)4-6-19-5-3-14-11(18)9-7-13-8-10(15-9)16-12/h7-8H,3-6,12H2,1-2H3,(H,14,18)(H,15,16). The smallest absolute Gasteiger partial charge is 0.271 e. The SMILES string of the molecule is CN(C)CCOCCNC(=O)c1cncc(NN)n1. The van der Waals surface area contributed by atoms with Crippen LogP contribution in [0.4, 0.5) is 5.82 Å². The number of anilines is 1. The predicted molar refractivity (Wildman–Crippen MR) is 71.5 cm³/mol. The van der Waals surface area contributed by atoms with Crippen LogP contribution in [0.25, 0.3) is 0 Å². The molecule has 0 aliphatic rings. The van der Waals surface area contributed by atoms with Crippen molar-refractivity contribution in [3.8, 4) is 0 Å². The fourth-order valence-electron chi connectivity index (χ4n) is 1.22. The van der Waals surface area contributed by atoms with Crippen LogP contribution in [0.15, 0.2) is 12.4 Å². The van der Waals surface area contributed by atoms with Gasteiger partial charge in [0.1, 0.15) is 5.69 Å². The molecule has 0 saturated carbocycles. The fraction of sp³-hybridized carbons (Fsp3) is 0.545. The number of nitrogens with one attached hydrogen (secondary N) is 2. The van der Waals surface area contributed by atoms with Gasteiger partial charge < -0.3 is 20.4 Å². The van der Waals surface area contributed by atoms with Gasteiger partial charge in [0, 0.05) is 13.1 Å². The Morgan fingerprint density at radius 2 is 2.21 bits per heavy atom. The molecule has 0 aliphatic carbocycles. The highest BCUT2D eigenvalue weighted by Gasteiger charge is 2.07. The molecule has 0 aromatic carbocycles. The van der Waals surface area contributed by atoms with Crippen LogP contribution in [0.2, 0.25) is 0 Å². The third-order valence-corrected chi connectivity index (χ3v) is 2.23. The molecule has 0 saturated heterocycles. The van der Waals surface area contributed by atoms with Gasteiger partial charge in [-0.2, -0.15) is 0 Å². The highest BCUT2D eigenvalue weighted by Crippen LogP contribution is 1.99. The maximum atomic E-state index is 11.7. The largest absolute Gasteiger partial charge is 0.378 e. The molecule has 0 radical (unpaired) electrons. The molecule has 1 amide bonds. The van der Waals surface area contributed by atoms with Gasteiger partial charge in [0.15, 0.2) is 5.82 Å². The number of amides is 1. The molecule has 0 bridgehead atoms. The molecule has 0 fully saturated rings. The zero-order valence-electron chi connectivity index (χ0n) is 11.2. The van der Waals surface area contributed by atoms with Crippen molar-refractivity contribution in [1.82, 2.24) is 20.2 Å². The van der Waals surface area contributed by atoms with Crippen molar-refractivity contribution in [3.63, 3.8) is 0 Å². The van der Waals surface area contributed by atoms with Gasteiger partial charge >= 0.3 is 0 Å². The molecule has 106 valence electrons. The van der Waals surface area contributed by atoms with Gasteiger partial charge in [0.05, 0.1) is 25.6 Å². The van der Waals surface area contributed by atoms with Crippen molar-refractivity contribution in [2.24, 2.45) is 5.84 Å². The van der Waals surface area contributed by atoms with Crippen molar-refractivity contribution >= 4 is 11.7 Å². The normalized spacial score (nSPS) is 10.5. The maximum absolute atomic E-state index is 11.7. The number of carbonyl (C=O) groups excluding carboxylic acids is 1. The van der Waals surface area contributed by atoms with Gasteiger partial charge in [-0.3, -0.25) is 9.78 Å². The predicted octanol–water partition coefficient (Wildman–Crippen LogP) is -0.930. The summed E-state index contributed by atoms with van der Waals surface area (Å²) in [6.07, 6.45) is 2.81. The van der Waals surface area contributed by atoms with E-state index in [9.17, 15) is 4.79 Å². The molecule has 0 atom stereocenters. The minimum Gasteiger partial charge on any atom is -0.378 e. The molecule has 1 aromatic heterocycles. The fourth-order valence-corrected chi connectivity index (χ4v) is 1.22. The summed E-state index contributed by atoms with van der Waals surface area (Å²) in [7, 11) is 3.95. The van der Waals surface area contributed by atoms with Crippen LogP contribution in [-0.4, -0.2) is 61.2 Å². The molecule has 19 heavy (non-hydrogen) atoms. The summed E-state index contributed by atoms with van der Waals surface area (Å²) in [6.45, 7) is 2.37. The van der Waals surface area contributed by atoms with Crippen LogP contribution >= 0.6 is 0 Å². The van der Waals surface area contributed by atoms with E-state index < -0.39 is 0 Å². The average Bonchev–Trinajstić information content (AvgIpc) is 2.42. The third-order valence-electron chi connectivity index (χ3n) is 2.23. The summed E-state index contributed by atoms with van der Waals surface area (Å²) in [6, 6.07) is 0. The van der Waals surface area contributed by atoms with E-state index in [2.05, 4.69) is 20.7 Å². The van der Waals surface area contributed by atoms with Crippen molar-refractivity contribution in [2.45, 2.75) is 0 Å². The first-order valence-corrected chi connectivity index (χ1v) is 5.93. The molecule has 0 unspecified atom stereocenters. The Morgan fingerprint density at radius 3 is 2.89 bits per heavy atom. The van der Waals surface area contributed by atoms with E-state index >= 15 is 0 Å². The lowest BCUT2D eigenvalue weighted by Crippen LogP contribution is -2.29.